The zero-order chi connectivity index (χ0) is 20.3. The van der Waals surface area contributed by atoms with E-state index < -0.39 is 0 Å². The number of aliphatic imine (C=N–C) groups is 1. The number of hydrogen-bond donors (Lipinski definition) is 2. The van der Waals surface area contributed by atoms with Crippen LogP contribution in [0.3, 0.4) is 0 Å². The fourth-order valence-corrected chi connectivity index (χ4v) is 4.04. The Kier molecular flexibility index (Phi) is 12.0. The maximum atomic E-state index is 6.15. The van der Waals surface area contributed by atoms with Crippen molar-refractivity contribution in [2.24, 2.45) is 10.9 Å². The quantitative estimate of drug-likeness (QED) is 0.234. The number of morpholine rings is 1. The van der Waals surface area contributed by atoms with Crippen molar-refractivity contribution in [1.29, 1.82) is 0 Å². The Morgan fingerprint density at radius 3 is 2.63 bits per heavy atom. The summed E-state index contributed by atoms with van der Waals surface area (Å²) in [5.74, 6) is 1.35. The molecule has 170 valence electrons. The molecule has 2 saturated heterocycles. The van der Waals surface area contributed by atoms with Crippen LogP contribution in [0.2, 0.25) is 0 Å². The van der Waals surface area contributed by atoms with Gasteiger partial charge in [0.05, 0.1) is 19.3 Å². The monoisotopic (exact) mass is 530 g/mol. The summed E-state index contributed by atoms with van der Waals surface area (Å²) in [6, 6.07) is 8.76. The fraction of sp³-hybridized carbons (Fsp3) is 0.696. The molecule has 0 spiro atoms. The van der Waals surface area contributed by atoms with E-state index in [1.807, 2.05) is 0 Å². The highest BCUT2D eigenvalue weighted by molar-refractivity contribution is 14.0. The average Bonchev–Trinajstić information content (AvgIpc) is 2.76. The van der Waals surface area contributed by atoms with Gasteiger partial charge in [-0.25, -0.2) is 0 Å². The van der Waals surface area contributed by atoms with E-state index in [-0.39, 0.29) is 30.1 Å². The van der Waals surface area contributed by atoms with Crippen LogP contribution in [-0.4, -0.2) is 69.9 Å². The first-order chi connectivity index (χ1) is 14.3. The maximum absolute atomic E-state index is 6.15. The molecule has 2 unspecified atom stereocenters. The van der Waals surface area contributed by atoms with E-state index in [0.29, 0.717) is 5.92 Å². The Morgan fingerprint density at radius 2 is 1.90 bits per heavy atom. The van der Waals surface area contributed by atoms with Crippen LogP contribution in [0.1, 0.15) is 43.4 Å². The van der Waals surface area contributed by atoms with Crippen molar-refractivity contribution in [2.75, 3.05) is 59.1 Å². The molecule has 2 fully saturated rings. The Hall–Kier alpha value is -0.900. The van der Waals surface area contributed by atoms with Crippen LogP contribution in [0.4, 0.5) is 0 Å². The highest BCUT2D eigenvalue weighted by Gasteiger charge is 2.27. The molecule has 6 nitrogen and oxygen atoms in total. The molecule has 1 aromatic rings. The van der Waals surface area contributed by atoms with Crippen LogP contribution < -0.4 is 10.6 Å². The minimum Gasteiger partial charge on any atom is -0.379 e. The van der Waals surface area contributed by atoms with E-state index in [4.69, 9.17) is 14.5 Å². The molecule has 0 aromatic heterocycles. The van der Waals surface area contributed by atoms with Gasteiger partial charge >= 0.3 is 0 Å². The molecule has 0 amide bonds. The molecule has 3 rings (SSSR count). The van der Waals surface area contributed by atoms with Gasteiger partial charge in [-0.3, -0.25) is 9.89 Å². The minimum atomic E-state index is 0. The van der Waals surface area contributed by atoms with Crippen molar-refractivity contribution < 1.29 is 9.47 Å². The lowest BCUT2D eigenvalue weighted by atomic mass is 9.89. The van der Waals surface area contributed by atoms with Crippen molar-refractivity contribution in [3.63, 3.8) is 0 Å². The van der Waals surface area contributed by atoms with E-state index in [2.05, 4.69) is 53.6 Å². The number of nitrogens with one attached hydrogen (secondary N) is 2. The summed E-state index contributed by atoms with van der Waals surface area (Å²) in [6.45, 7) is 12.6. The second-order valence-electron chi connectivity index (χ2n) is 8.06. The molecule has 0 bridgehead atoms. The number of nitrogens with zero attached hydrogens (tertiary/aromatic N) is 2. The summed E-state index contributed by atoms with van der Waals surface area (Å²) < 4.78 is 11.6. The summed E-state index contributed by atoms with van der Waals surface area (Å²) >= 11 is 0. The standard InChI is InChI=1S/C23H38N4O2.HI/c1-3-24-23(25-11-5-12-27-13-16-28-17-14-27)26-18-21-6-4-15-29-22(21)20-9-7-19(2)8-10-20;/h7-10,21-22H,3-6,11-18H2,1-2H3,(H2,24,25,26);1H. The van der Waals surface area contributed by atoms with Gasteiger partial charge in [0, 0.05) is 45.2 Å². The largest absolute Gasteiger partial charge is 0.379 e. The predicted octanol–water partition coefficient (Wildman–Crippen LogP) is 3.36. The highest BCUT2D eigenvalue weighted by atomic mass is 127. The van der Waals surface area contributed by atoms with Gasteiger partial charge in [0.25, 0.3) is 0 Å². The number of hydrogen-bond acceptors (Lipinski definition) is 4. The lowest BCUT2D eigenvalue weighted by Gasteiger charge is -2.31. The predicted molar refractivity (Wildman–Crippen MR) is 134 cm³/mol. The van der Waals surface area contributed by atoms with Crippen molar-refractivity contribution >= 4 is 29.9 Å². The third-order valence-corrected chi connectivity index (χ3v) is 5.73. The molecule has 7 heteroatoms. The van der Waals surface area contributed by atoms with Crippen LogP contribution in [0.5, 0.6) is 0 Å². The SMILES string of the molecule is CCNC(=NCC1CCCOC1c1ccc(C)cc1)NCCCN1CCOCC1.I. The smallest absolute Gasteiger partial charge is 0.191 e. The minimum absolute atomic E-state index is 0. The molecule has 0 aliphatic carbocycles. The van der Waals surface area contributed by atoms with E-state index >= 15 is 0 Å². The van der Waals surface area contributed by atoms with Gasteiger partial charge in [-0.1, -0.05) is 29.8 Å². The van der Waals surface area contributed by atoms with Gasteiger partial charge in [0.1, 0.15) is 0 Å². The zero-order valence-electron chi connectivity index (χ0n) is 18.6. The van der Waals surface area contributed by atoms with Crippen LogP contribution in [0.25, 0.3) is 0 Å². The van der Waals surface area contributed by atoms with Gasteiger partial charge in [-0.05, 0) is 45.2 Å². The fourth-order valence-electron chi connectivity index (χ4n) is 4.04. The molecule has 2 atom stereocenters. The first-order valence-corrected chi connectivity index (χ1v) is 11.3. The molecule has 2 aliphatic heterocycles. The number of halogens is 1. The van der Waals surface area contributed by atoms with E-state index in [1.54, 1.807) is 0 Å². The van der Waals surface area contributed by atoms with Crippen LogP contribution in [0, 0.1) is 12.8 Å². The normalized spacial score (nSPS) is 22.9. The Morgan fingerprint density at radius 1 is 1.13 bits per heavy atom. The van der Waals surface area contributed by atoms with Gasteiger partial charge in [0.15, 0.2) is 5.96 Å². The molecular formula is C23H39IN4O2. The molecule has 2 N–H and O–H groups in total. The van der Waals surface area contributed by atoms with Crippen molar-refractivity contribution in [3.8, 4) is 0 Å². The molecule has 0 radical (unpaired) electrons. The van der Waals surface area contributed by atoms with Crippen LogP contribution in [-0.2, 0) is 9.47 Å². The summed E-state index contributed by atoms with van der Waals surface area (Å²) in [7, 11) is 0. The number of guanidine groups is 1. The van der Waals surface area contributed by atoms with E-state index in [0.717, 1.165) is 77.9 Å². The summed E-state index contributed by atoms with van der Waals surface area (Å²) in [5.41, 5.74) is 2.56. The zero-order valence-corrected chi connectivity index (χ0v) is 20.9. The van der Waals surface area contributed by atoms with Gasteiger partial charge in [0.2, 0.25) is 0 Å². The second-order valence-corrected chi connectivity index (χ2v) is 8.06. The second kappa shape index (κ2) is 14.2. The molecule has 30 heavy (non-hydrogen) atoms. The number of ether oxygens (including phenoxy) is 2. The Labute approximate surface area is 199 Å². The molecule has 0 saturated carbocycles. The Bertz CT molecular complexity index is 620. The number of aryl methyl sites for hydroxylation is 1. The third-order valence-electron chi connectivity index (χ3n) is 5.73. The summed E-state index contributed by atoms with van der Waals surface area (Å²) in [6.07, 6.45) is 3.55. The van der Waals surface area contributed by atoms with Crippen molar-refractivity contribution in [2.45, 2.75) is 39.2 Å². The number of benzene rings is 1. The third kappa shape index (κ3) is 8.32. The van der Waals surface area contributed by atoms with Crippen molar-refractivity contribution in [1.82, 2.24) is 15.5 Å². The topological polar surface area (TPSA) is 58.1 Å². The molecule has 2 aliphatic rings. The first-order valence-electron chi connectivity index (χ1n) is 11.3. The maximum Gasteiger partial charge on any atom is 0.191 e. The highest BCUT2D eigenvalue weighted by Crippen LogP contribution is 2.33. The molecule has 1 aromatic carbocycles. The van der Waals surface area contributed by atoms with Gasteiger partial charge < -0.3 is 20.1 Å². The Balaban J connectivity index is 0.00000320. The van der Waals surface area contributed by atoms with Crippen LogP contribution >= 0.6 is 24.0 Å². The van der Waals surface area contributed by atoms with Gasteiger partial charge in [-0.15, -0.1) is 24.0 Å². The average molecular weight is 530 g/mol. The molecule has 2 heterocycles. The summed E-state index contributed by atoms with van der Waals surface area (Å²) in [5, 5.41) is 6.89. The van der Waals surface area contributed by atoms with Crippen LogP contribution in [0.15, 0.2) is 29.3 Å². The number of rotatable bonds is 8. The van der Waals surface area contributed by atoms with Crippen molar-refractivity contribution in [3.05, 3.63) is 35.4 Å². The summed E-state index contributed by atoms with van der Waals surface area (Å²) in [4.78, 5) is 7.37. The van der Waals surface area contributed by atoms with E-state index in [1.165, 1.54) is 17.5 Å². The first kappa shape index (κ1) is 25.4. The lowest BCUT2D eigenvalue weighted by molar-refractivity contribution is -0.0250. The van der Waals surface area contributed by atoms with Gasteiger partial charge in [-0.2, -0.15) is 0 Å². The lowest BCUT2D eigenvalue weighted by Crippen LogP contribution is -2.41. The van der Waals surface area contributed by atoms with E-state index in [9.17, 15) is 0 Å². The molecular weight excluding hydrogens is 491 g/mol.